The quantitative estimate of drug-likeness (QED) is 0.297. The highest BCUT2D eigenvalue weighted by Gasteiger charge is 2.42. The van der Waals surface area contributed by atoms with Crippen molar-refractivity contribution < 1.29 is 4.39 Å². The van der Waals surface area contributed by atoms with Crippen LogP contribution in [0.15, 0.2) is 42.6 Å². The zero-order chi connectivity index (χ0) is 24.1. The number of rotatable bonds is 4. The normalized spacial score (nSPS) is 23.4. The number of pyridine rings is 2. The van der Waals surface area contributed by atoms with Crippen LogP contribution in [-0.4, -0.2) is 26.2 Å². The van der Waals surface area contributed by atoms with Crippen molar-refractivity contribution in [3.63, 3.8) is 0 Å². The van der Waals surface area contributed by atoms with Crippen LogP contribution in [0.4, 0.5) is 15.9 Å². The van der Waals surface area contributed by atoms with Gasteiger partial charge < -0.3 is 5.32 Å². The molecule has 3 aliphatic carbocycles. The van der Waals surface area contributed by atoms with Crippen LogP contribution < -0.4 is 5.32 Å². The summed E-state index contributed by atoms with van der Waals surface area (Å²) in [5, 5.41) is 11.8. The first-order valence-corrected chi connectivity index (χ1v) is 12.4. The molecule has 0 amide bonds. The number of halogens is 2. The Kier molecular flexibility index (Phi) is 5.42. The van der Waals surface area contributed by atoms with E-state index in [4.69, 9.17) is 23.2 Å². The third-order valence-corrected chi connectivity index (χ3v) is 8.04. The molecule has 6 nitrogen and oxygen atoms in total. The Morgan fingerprint density at radius 3 is 2.60 bits per heavy atom. The third-order valence-electron chi connectivity index (χ3n) is 7.84. The van der Waals surface area contributed by atoms with Gasteiger partial charge in [0.05, 0.1) is 23.0 Å². The fourth-order valence-electron chi connectivity index (χ4n) is 6.02. The van der Waals surface area contributed by atoms with E-state index in [0.717, 1.165) is 12.8 Å². The lowest BCUT2D eigenvalue weighted by molar-refractivity contribution is 0.0926. The summed E-state index contributed by atoms with van der Waals surface area (Å²) in [7, 11) is 0. The van der Waals surface area contributed by atoms with Crippen molar-refractivity contribution >= 4 is 34.1 Å². The molecule has 2 bridgehead atoms. The zero-order valence-corrected chi connectivity index (χ0v) is 20.0. The molecule has 2 atom stereocenters. The Morgan fingerprint density at radius 2 is 1.89 bits per heavy atom. The van der Waals surface area contributed by atoms with E-state index in [1.807, 2.05) is 30.3 Å². The van der Waals surface area contributed by atoms with E-state index in [-0.39, 0.29) is 23.1 Å². The summed E-state index contributed by atoms with van der Waals surface area (Å²) in [6.07, 6.45) is 6.31. The zero-order valence-electron chi connectivity index (χ0n) is 19.2. The minimum atomic E-state index is -0.500. The predicted molar refractivity (Wildman–Crippen MR) is 136 cm³/mol. The minimum absolute atomic E-state index is 0.128. The number of nitrogens with one attached hydrogen (secondary N) is 2. The topological polar surface area (TPSA) is 70.8 Å². The Labute approximate surface area is 207 Å². The van der Waals surface area contributed by atoms with Gasteiger partial charge >= 0.3 is 0 Å². The van der Waals surface area contributed by atoms with Gasteiger partial charge in [-0.25, -0.2) is 19.2 Å². The van der Waals surface area contributed by atoms with Gasteiger partial charge in [0.1, 0.15) is 0 Å². The highest BCUT2D eigenvalue weighted by molar-refractivity contribution is 6.31. The molecule has 0 saturated heterocycles. The molecule has 0 spiro atoms. The van der Waals surface area contributed by atoms with E-state index in [1.54, 1.807) is 6.07 Å². The molecule has 176 valence electrons. The molecule has 3 aromatic heterocycles. The second-order valence-electron chi connectivity index (χ2n) is 9.65. The van der Waals surface area contributed by atoms with Gasteiger partial charge in [0.2, 0.25) is 5.69 Å². The molecule has 3 saturated carbocycles. The van der Waals surface area contributed by atoms with Crippen molar-refractivity contribution in [1.29, 1.82) is 0 Å². The molecule has 1 aromatic carbocycles. The van der Waals surface area contributed by atoms with Crippen molar-refractivity contribution in [1.82, 2.24) is 20.2 Å². The van der Waals surface area contributed by atoms with Crippen LogP contribution in [0.5, 0.6) is 0 Å². The number of benzene rings is 1. The highest BCUT2D eigenvalue weighted by Crippen LogP contribution is 2.48. The Hall–Kier alpha value is -3.50. The lowest BCUT2D eigenvalue weighted by Crippen LogP contribution is -2.47. The van der Waals surface area contributed by atoms with Crippen LogP contribution in [0.3, 0.4) is 0 Å². The average Bonchev–Trinajstić information content (AvgIpc) is 3.30. The smallest absolute Gasteiger partial charge is 0.225 e. The van der Waals surface area contributed by atoms with Crippen molar-refractivity contribution in [2.45, 2.75) is 38.6 Å². The van der Waals surface area contributed by atoms with Crippen LogP contribution in [0, 0.1) is 30.1 Å². The molecule has 3 fully saturated rings. The van der Waals surface area contributed by atoms with Crippen molar-refractivity contribution in [2.24, 2.45) is 17.8 Å². The number of anilines is 1. The summed E-state index contributed by atoms with van der Waals surface area (Å²) >= 11 is 6.22. The summed E-state index contributed by atoms with van der Waals surface area (Å²) in [4.78, 5) is 12.7. The van der Waals surface area contributed by atoms with Crippen molar-refractivity contribution in [2.75, 3.05) is 5.32 Å². The number of hydrogen-bond donors (Lipinski definition) is 2. The van der Waals surface area contributed by atoms with Crippen LogP contribution in [0.2, 0.25) is 5.02 Å². The summed E-state index contributed by atoms with van der Waals surface area (Å²) < 4.78 is 16.2. The summed E-state index contributed by atoms with van der Waals surface area (Å²) in [6.45, 7) is 10.2. The van der Waals surface area contributed by atoms with Gasteiger partial charge in [-0.15, -0.1) is 0 Å². The number of aromatic amines is 1. The van der Waals surface area contributed by atoms with Crippen LogP contribution in [-0.2, 0) is 0 Å². The lowest BCUT2D eigenvalue weighted by Gasteiger charge is -2.47. The lowest BCUT2D eigenvalue weighted by atomic mass is 9.62. The summed E-state index contributed by atoms with van der Waals surface area (Å²) in [6, 6.07) is 11.1. The van der Waals surface area contributed by atoms with E-state index in [0.29, 0.717) is 50.8 Å². The monoisotopic (exact) mass is 486 g/mol. The Morgan fingerprint density at radius 1 is 1.14 bits per heavy atom. The molecule has 7 rings (SSSR count). The fraction of sp³-hybridized carbons (Fsp3) is 0.333. The first-order chi connectivity index (χ1) is 17.0. The molecular formula is C27H24ClFN6. The average molecular weight is 487 g/mol. The Bertz CT molecular complexity index is 1450. The van der Waals surface area contributed by atoms with Gasteiger partial charge in [-0.1, -0.05) is 48.9 Å². The van der Waals surface area contributed by atoms with Crippen LogP contribution in [0.1, 0.15) is 32.6 Å². The molecule has 35 heavy (non-hydrogen) atoms. The fourth-order valence-corrected chi connectivity index (χ4v) is 6.17. The predicted octanol–water partition coefficient (Wildman–Crippen LogP) is 7.27. The van der Waals surface area contributed by atoms with E-state index in [1.165, 1.54) is 19.0 Å². The maximum Gasteiger partial charge on any atom is 0.225 e. The second kappa shape index (κ2) is 8.62. The molecule has 0 aliphatic heterocycles. The molecule has 4 aromatic rings. The van der Waals surface area contributed by atoms with Gasteiger partial charge in [-0.05, 0) is 55.1 Å². The van der Waals surface area contributed by atoms with Crippen molar-refractivity contribution in [3.05, 3.63) is 64.9 Å². The maximum atomic E-state index is 16.2. The summed E-state index contributed by atoms with van der Waals surface area (Å²) in [5.41, 5.74) is 2.28. The highest BCUT2D eigenvalue weighted by atomic mass is 35.5. The second-order valence-corrected chi connectivity index (χ2v) is 10.1. The number of fused-ring (bicyclic) bond motifs is 4. The Balaban J connectivity index is 1.57. The largest absolute Gasteiger partial charge is 0.364 e. The molecule has 2 N–H and O–H groups in total. The van der Waals surface area contributed by atoms with Gasteiger partial charge in [0, 0.05) is 23.2 Å². The molecule has 3 heterocycles. The molecule has 8 heteroatoms. The number of H-pyrrole nitrogens is 1. The number of aromatic nitrogens is 4. The van der Waals surface area contributed by atoms with Gasteiger partial charge in [0.15, 0.2) is 17.3 Å². The van der Waals surface area contributed by atoms with Crippen LogP contribution in [0.25, 0.3) is 38.4 Å². The van der Waals surface area contributed by atoms with Gasteiger partial charge in [-0.3, -0.25) is 5.10 Å². The van der Waals surface area contributed by atoms with E-state index >= 15 is 4.39 Å². The van der Waals surface area contributed by atoms with E-state index in [9.17, 15) is 0 Å². The standard InChI is InChI=1S/C27H24ClFN6/c1-14-15-8-10-17(11-9-15)22(14)32-27-21(29)20(16-6-4-3-5-7-16)24(30-2)25(33-27)23-19-12-18(28)13-31-26(19)35-34-23/h3-7,12-15,17,22H,8-11H2,1H3,(H,32,33)(H,31,34,35)/t14-,15?,17?,22+/m1/s1. The van der Waals surface area contributed by atoms with Crippen molar-refractivity contribution in [3.8, 4) is 22.5 Å². The first kappa shape index (κ1) is 22.0. The SMILES string of the molecule is [C-]#[N+]c1c(-c2[nH]nc3ncc(Cl)cc23)nc(N[C@@H]2C3CCC(CC3)[C@H]2C)c(F)c1-c1ccccc1. The third kappa shape index (κ3) is 3.64. The van der Waals surface area contributed by atoms with Gasteiger partial charge in [-0.2, -0.15) is 5.10 Å². The summed E-state index contributed by atoms with van der Waals surface area (Å²) in [5.74, 6) is 1.26. The van der Waals surface area contributed by atoms with E-state index in [2.05, 4.69) is 32.3 Å². The van der Waals surface area contributed by atoms with Crippen LogP contribution >= 0.6 is 11.6 Å². The maximum absolute atomic E-state index is 16.2. The van der Waals surface area contributed by atoms with E-state index < -0.39 is 5.82 Å². The minimum Gasteiger partial charge on any atom is -0.364 e. The first-order valence-electron chi connectivity index (χ1n) is 12.0. The van der Waals surface area contributed by atoms with Gasteiger partial charge in [0.25, 0.3) is 0 Å². The molecule has 0 radical (unpaired) electrons. The molecule has 3 aliphatic rings. The number of nitrogens with zero attached hydrogens (tertiary/aromatic N) is 4. The number of hydrogen-bond acceptors (Lipinski definition) is 4. The molecule has 0 unspecified atom stereocenters. The molecular weight excluding hydrogens is 463 g/mol.